The van der Waals surface area contributed by atoms with Gasteiger partial charge in [0, 0.05) is 0 Å². The molecular formula is C17H19NO3. The number of fused-ring (bicyclic) bond motifs is 1. The maximum Gasteiger partial charge on any atom is 0.238 e. The number of amides is 2. The molecule has 1 heterocycles. The summed E-state index contributed by atoms with van der Waals surface area (Å²) in [6.45, 7) is 4.51. The van der Waals surface area contributed by atoms with E-state index < -0.39 is 0 Å². The van der Waals surface area contributed by atoms with Crippen molar-refractivity contribution in [3.63, 3.8) is 0 Å². The molecule has 4 heteroatoms. The zero-order chi connectivity index (χ0) is 15.0. The molecule has 3 rings (SSSR count). The van der Waals surface area contributed by atoms with Crippen LogP contribution in [-0.2, 0) is 9.59 Å². The average Bonchev–Trinajstić information content (AvgIpc) is 2.74. The van der Waals surface area contributed by atoms with Crippen molar-refractivity contribution in [3.8, 4) is 5.75 Å². The third-order valence-corrected chi connectivity index (χ3v) is 4.28. The number of hydrogen-bond donors (Lipinski definition) is 0. The predicted octanol–water partition coefficient (Wildman–Crippen LogP) is 2.79. The minimum absolute atomic E-state index is 0.0778. The lowest BCUT2D eigenvalue weighted by Gasteiger charge is -2.22. The Morgan fingerprint density at radius 3 is 2.52 bits per heavy atom. The van der Waals surface area contributed by atoms with Gasteiger partial charge < -0.3 is 4.74 Å². The fourth-order valence-corrected chi connectivity index (χ4v) is 3.26. The first-order chi connectivity index (χ1) is 10.1. The number of allylic oxidation sites excluding steroid dienone is 2. The Balaban J connectivity index is 1.89. The van der Waals surface area contributed by atoms with Gasteiger partial charge in [-0.1, -0.05) is 19.1 Å². The van der Waals surface area contributed by atoms with Crippen molar-refractivity contribution in [2.75, 3.05) is 11.5 Å². The van der Waals surface area contributed by atoms with E-state index in [9.17, 15) is 9.59 Å². The Bertz CT molecular complexity index is 591. The molecule has 0 aromatic heterocycles. The van der Waals surface area contributed by atoms with Gasteiger partial charge in [-0.05, 0) is 43.5 Å². The van der Waals surface area contributed by atoms with Gasteiger partial charge in [-0.25, -0.2) is 0 Å². The first-order valence-electron chi connectivity index (χ1n) is 7.40. The molecule has 2 amide bonds. The maximum atomic E-state index is 12.6. The largest absolute Gasteiger partial charge is 0.494 e. The molecule has 1 aliphatic heterocycles. The van der Waals surface area contributed by atoms with Crippen molar-refractivity contribution < 1.29 is 14.3 Å². The van der Waals surface area contributed by atoms with Crippen LogP contribution in [0.2, 0.25) is 0 Å². The lowest BCUT2D eigenvalue weighted by Crippen LogP contribution is -2.31. The number of hydrogen-bond acceptors (Lipinski definition) is 3. The topological polar surface area (TPSA) is 46.6 Å². The summed E-state index contributed by atoms with van der Waals surface area (Å²) < 4.78 is 5.39. The van der Waals surface area contributed by atoms with Gasteiger partial charge in [0.2, 0.25) is 11.8 Å². The van der Waals surface area contributed by atoms with Gasteiger partial charge >= 0.3 is 0 Å². The van der Waals surface area contributed by atoms with Crippen molar-refractivity contribution in [2.45, 2.75) is 20.3 Å². The van der Waals surface area contributed by atoms with Crippen LogP contribution in [0.4, 0.5) is 5.69 Å². The highest BCUT2D eigenvalue weighted by Crippen LogP contribution is 2.40. The van der Waals surface area contributed by atoms with Crippen LogP contribution in [0, 0.1) is 17.8 Å². The van der Waals surface area contributed by atoms with Gasteiger partial charge in [-0.15, -0.1) is 0 Å². The lowest BCUT2D eigenvalue weighted by atomic mass is 9.78. The van der Waals surface area contributed by atoms with Gasteiger partial charge in [0.05, 0.1) is 24.1 Å². The number of carbonyl (C=O) groups excluding carboxylic acids is 2. The van der Waals surface area contributed by atoms with Gasteiger partial charge in [-0.2, -0.15) is 0 Å². The summed E-state index contributed by atoms with van der Waals surface area (Å²) in [5.74, 6) is 0.287. The molecule has 0 spiro atoms. The summed E-state index contributed by atoms with van der Waals surface area (Å²) in [5.41, 5.74) is 0.634. The first-order valence-corrected chi connectivity index (χ1v) is 7.40. The van der Waals surface area contributed by atoms with Crippen molar-refractivity contribution in [3.05, 3.63) is 36.4 Å². The van der Waals surface area contributed by atoms with Crippen LogP contribution in [0.15, 0.2) is 36.4 Å². The van der Waals surface area contributed by atoms with Gasteiger partial charge in [-0.3, -0.25) is 14.5 Å². The number of carbonyl (C=O) groups is 2. The van der Waals surface area contributed by atoms with Gasteiger partial charge in [0.25, 0.3) is 0 Å². The molecule has 0 N–H and O–H groups in total. The number of nitrogens with zero attached hydrogens (tertiary/aromatic N) is 1. The summed E-state index contributed by atoms with van der Waals surface area (Å²) in [6, 6.07) is 7.14. The summed E-state index contributed by atoms with van der Waals surface area (Å²) in [7, 11) is 0. The summed E-state index contributed by atoms with van der Waals surface area (Å²) >= 11 is 0. The molecular weight excluding hydrogens is 266 g/mol. The quantitative estimate of drug-likeness (QED) is 0.633. The van der Waals surface area contributed by atoms with E-state index in [0.29, 0.717) is 18.7 Å². The minimum Gasteiger partial charge on any atom is -0.494 e. The smallest absolute Gasteiger partial charge is 0.238 e. The Hall–Kier alpha value is -2.10. The number of anilines is 1. The number of benzene rings is 1. The Labute approximate surface area is 124 Å². The van der Waals surface area contributed by atoms with Crippen LogP contribution in [0.25, 0.3) is 0 Å². The second-order valence-electron chi connectivity index (χ2n) is 5.59. The summed E-state index contributed by atoms with van der Waals surface area (Å²) in [6.07, 6.45) is 4.71. The van der Waals surface area contributed by atoms with E-state index in [2.05, 4.69) is 0 Å². The molecule has 0 saturated carbocycles. The SMILES string of the molecule is CCOc1ccc(N2C(=O)C3CC=CC(C)C3C2=O)cc1. The van der Waals surface area contributed by atoms with E-state index in [0.717, 1.165) is 5.75 Å². The van der Waals surface area contributed by atoms with Crippen molar-refractivity contribution in [2.24, 2.45) is 17.8 Å². The molecule has 3 atom stereocenters. The van der Waals surface area contributed by atoms with E-state index in [-0.39, 0.29) is 29.6 Å². The third-order valence-electron chi connectivity index (χ3n) is 4.28. The van der Waals surface area contributed by atoms with Gasteiger partial charge in [0.15, 0.2) is 0 Å². The zero-order valence-corrected chi connectivity index (χ0v) is 12.3. The maximum absolute atomic E-state index is 12.6. The fraction of sp³-hybridized carbons (Fsp3) is 0.412. The molecule has 1 aromatic rings. The molecule has 2 aliphatic rings. The monoisotopic (exact) mass is 285 g/mol. The van der Waals surface area contributed by atoms with Crippen molar-refractivity contribution >= 4 is 17.5 Å². The van der Waals surface area contributed by atoms with Crippen LogP contribution >= 0.6 is 0 Å². The van der Waals surface area contributed by atoms with E-state index in [1.807, 2.05) is 26.0 Å². The molecule has 1 aliphatic carbocycles. The standard InChI is InChI=1S/C17H19NO3/c1-3-21-13-9-7-12(8-10-13)18-16(19)14-6-4-5-11(2)15(14)17(18)20/h4-5,7-11,14-15H,3,6H2,1-2H3. The van der Waals surface area contributed by atoms with E-state index in [1.54, 1.807) is 24.3 Å². The predicted molar refractivity (Wildman–Crippen MR) is 80.0 cm³/mol. The number of ether oxygens (including phenoxy) is 1. The van der Waals surface area contributed by atoms with Crippen LogP contribution in [0.3, 0.4) is 0 Å². The molecule has 1 aromatic carbocycles. The lowest BCUT2D eigenvalue weighted by molar-refractivity contribution is -0.122. The van der Waals surface area contributed by atoms with Crippen LogP contribution in [0.1, 0.15) is 20.3 Å². The number of rotatable bonds is 3. The minimum atomic E-state index is -0.214. The third kappa shape index (κ3) is 2.24. The molecule has 0 bridgehead atoms. The molecule has 110 valence electrons. The molecule has 1 fully saturated rings. The highest BCUT2D eigenvalue weighted by atomic mass is 16.5. The van der Waals surface area contributed by atoms with Crippen LogP contribution in [0.5, 0.6) is 5.75 Å². The first kappa shape index (κ1) is 13.9. The fourth-order valence-electron chi connectivity index (χ4n) is 3.26. The zero-order valence-electron chi connectivity index (χ0n) is 12.3. The second-order valence-corrected chi connectivity index (χ2v) is 5.59. The van der Waals surface area contributed by atoms with Crippen molar-refractivity contribution in [1.29, 1.82) is 0 Å². The van der Waals surface area contributed by atoms with Crippen molar-refractivity contribution in [1.82, 2.24) is 0 Å². The van der Waals surface area contributed by atoms with Crippen LogP contribution < -0.4 is 9.64 Å². The highest BCUT2D eigenvalue weighted by molar-refractivity contribution is 6.22. The van der Waals surface area contributed by atoms with Gasteiger partial charge in [0.1, 0.15) is 5.75 Å². The summed E-state index contributed by atoms with van der Waals surface area (Å²) in [5, 5.41) is 0. The number of imide groups is 1. The molecule has 4 nitrogen and oxygen atoms in total. The van der Waals surface area contributed by atoms with Crippen LogP contribution in [-0.4, -0.2) is 18.4 Å². The molecule has 21 heavy (non-hydrogen) atoms. The summed E-state index contributed by atoms with van der Waals surface area (Å²) in [4.78, 5) is 26.5. The van der Waals surface area contributed by atoms with E-state index in [1.165, 1.54) is 4.90 Å². The Morgan fingerprint density at radius 1 is 1.19 bits per heavy atom. The normalized spacial score (nSPS) is 27.9. The second kappa shape index (κ2) is 5.35. The van der Waals surface area contributed by atoms with E-state index in [4.69, 9.17) is 4.74 Å². The molecule has 0 radical (unpaired) electrons. The molecule has 3 unspecified atom stereocenters. The average molecular weight is 285 g/mol. The van der Waals surface area contributed by atoms with E-state index >= 15 is 0 Å². The highest BCUT2D eigenvalue weighted by Gasteiger charge is 2.50. The molecule has 1 saturated heterocycles. The Kier molecular flexibility index (Phi) is 3.53. The Morgan fingerprint density at radius 2 is 1.90 bits per heavy atom.